The molecule has 0 atom stereocenters. The van der Waals surface area contributed by atoms with Crippen molar-refractivity contribution in [2.24, 2.45) is 0 Å². The standard InChI is InChI=1S/C9H10ClN5S/c1-11-7-3-8(14-9(13-7)16-2)15-5-6(10)4-12-15/h3-5H,1-2H3,(H,11,13,14). The minimum atomic E-state index is 0.579. The summed E-state index contributed by atoms with van der Waals surface area (Å²) in [6, 6.07) is 1.81. The molecule has 0 fully saturated rings. The van der Waals surface area contributed by atoms with Gasteiger partial charge in [0.25, 0.3) is 0 Å². The van der Waals surface area contributed by atoms with Gasteiger partial charge in [0.15, 0.2) is 11.0 Å². The summed E-state index contributed by atoms with van der Waals surface area (Å²) in [5.74, 6) is 1.44. The predicted molar refractivity (Wildman–Crippen MR) is 65.5 cm³/mol. The lowest BCUT2D eigenvalue weighted by molar-refractivity contribution is 0.809. The molecule has 0 aliphatic carbocycles. The molecule has 0 unspecified atom stereocenters. The SMILES string of the molecule is CNc1cc(-n2cc(Cl)cn2)nc(SC)n1. The Hall–Kier alpha value is -1.27. The summed E-state index contributed by atoms with van der Waals surface area (Å²) >= 11 is 7.29. The van der Waals surface area contributed by atoms with Gasteiger partial charge in [-0.2, -0.15) is 5.10 Å². The van der Waals surface area contributed by atoms with E-state index < -0.39 is 0 Å². The summed E-state index contributed by atoms with van der Waals surface area (Å²) in [6.07, 6.45) is 5.20. The molecule has 2 aromatic heterocycles. The maximum absolute atomic E-state index is 5.81. The van der Waals surface area contributed by atoms with Crippen molar-refractivity contribution in [1.29, 1.82) is 0 Å². The predicted octanol–water partition coefficient (Wildman–Crippen LogP) is 2.08. The van der Waals surface area contributed by atoms with Gasteiger partial charge in [-0.15, -0.1) is 0 Å². The smallest absolute Gasteiger partial charge is 0.191 e. The van der Waals surface area contributed by atoms with Crippen LogP contribution in [0.3, 0.4) is 0 Å². The highest BCUT2D eigenvalue weighted by Gasteiger charge is 2.06. The number of hydrogen-bond donors (Lipinski definition) is 1. The Morgan fingerprint density at radius 3 is 2.81 bits per heavy atom. The highest BCUT2D eigenvalue weighted by atomic mass is 35.5. The van der Waals surface area contributed by atoms with Crippen molar-refractivity contribution in [3.8, 4) is 5.82 Å². The third-order valence-electron chi connectivity index (χ3n) is 1.92. The number of nitrogens with zero attached hydrogens (tertiary/aromatic N) is 4. The van der Waals surface area contributed by atoms with Gasteiger partial charge in [0.05, 0.1) is 17.4 Å². The minimum absolute atomic E-state index is 0.579. The molecule has 0 saturated carbocycles. The molecule has 1 N–H and O–H groups in total. The lowest BCUT2D eigenvalue weighted by Gasteiger charge is -2.05. The zero-order valence-electron chi connectivity index (χ0n) is 8.81. The molecule has 0 radical (unpaired) electrons. The van der Waals surface area contributed by atoms with Crippen molar-refractivity contribution in [3.63, 3.8) is 0 Å². The second-order valence-corrected chi connectivity index (χ2v) is 4.16. The Bertz CT molecular complexity index is 476. The monoisotopic (exact) mass is 255 g/mol. The van der Waals surface area contributed by atoms with Crippen molar-refractivity contribution in [2.45, 2.75) is 5.16 Å². The number of aromatic nitrogens is 4. The zero-order chi connectivity index (χ0) is 11.5. The first-order chi connectivity index (χ1) is 7.72. The van der Waals surface area contributed by atoms with Crippen LogP contribution < -0.4 is 5.32 Å². The van der Waals surface area contributed by atoms with Crippen LogP contribution in [0.1, 0.15) is 0 Å². The highest BCUT2D eigenvalue weighted by Crippen LogP contribution is 2.17. The molecule has 0 aromatic carbocycles. The fraction of sp³-hybridized carbons (Fsp3) is 0.222. The number of thioether (sulfide) groups is 1. The first kappa shape index (κ1) is 11.2. The van der Waals surface area contributed by atoms with Gasteiger partial charge in [0.1, 0.15) is 5.82 Å². The lowest BCUT2D eigenvalue weighted by Crippen LogP contribution is -2.03. The molecule has 0 aliphatic rings. The lowest BCUT2D eigenvalue weighted by atomic mass is 10.5. The van der Waals surface area contributed by atoms with Crippen LogP contribution in [0.15, 0.2) is 23.6 Å². The number of anilines is 1. The van der Waals surface area contributed by atoms with Crippen LogP contribution >= 0.6 is 23.4 Å². The van der Waals surface area contributed by atoms with Crippen LogP contribution in [0, 0.1) is 0 Å². The van der Waals surface area contributed by atoms with E-state index in [-0.39, 0.29) is 0 Å². The van der Waals surface area contributed by atoms with E-state index in [4.69, 9.17) is 11.6 Å². The third-order valence-corrected chi connectivity index (χ3v) is 2.66. The summed E-state index contributed by atoms with van der Waals surface area (Å²) in [6.45, 7) is 0. The van der Waals surface area contributed by atoms with E-state index in [2.05, 4.69) is 20.4 Å². The van der Waals surface area contributed by atoms with Crippen molar-refractivity contribution in [1.82, 2.24) is 19.7 Å². The molecule has 84 valence electrons. The van der Waals surface area contributed by atoms with Gasteiger partial charge in [-0.3, -0.25) is 0 Å². The van der Waals surface area contributed by atoms with Crippen molar-refractivity contribution < 1.29 is 0 Å². The molecule has 2 rings (SSSR count). The largest absolute Gasteiger partial charge is 0.373 e. The first-order valence-electron chi connectivity index (χ1n) is 4.54. The maximum Gasteiger partial charge on any atom is 0.191 e. The van der Waals surface area contributed by atoms with E-state index >= 15 is 0 Å². The molecular weight excluding hydrogens is 246 g/mol. The Balaban J connectivity index is 2.47. The van der Waals surface area contributed by atoms with Crippen LogP contribution in [0.2, 0.25) is 5.02 Å². The van der Waals surface area contributed by atoms with Gasteiger partial charge in [0, 0.05) is 13.1 Å². The highest BCUT2D eigenvalue weighted by molar-refractivity contribution is 7.98. The summed E-state index contributed by atoms with van der Waals surface area (Å²) in [7, 11) is 1.81. The van der Waals surface area contributed by atoms with Gasteiger partial charge in [-0.05, 0) is 6.26 Å². The molecule has 0 saturated heterocycles. The minimum Gasteiger partial charge on any atom is -0.373 e. The second kappa shape index (κ2) is 4.71. The van der Waals surface area contributed by atoms with Crippen LogP contribution in [-0.4, -0.2) is 33.1 Å². The van der Waals surface area contributed by atoms with Gasteiger partial charge < -0.3 is 5.32 Å². The van der Waals surface area contributed by atoms with E-state index in [1.54, 1.807) is 17.1 Å². The number of halogens is 1. The topological polar surface area (TPSA) is 55.6 Å². The average molecular weight is 256 g/mol. The molecule has 0 amide bonds. The zero-order valence-corrected chi connectivity index (χ0v) is 10.4. The van der Waals surface area contributed by atoms with E-state index in [1.165, 1.54) is 11.8 Å². The number of rotatable bonds is 3. The molecule has 2 heterocycles. The molecule has 16 heavy (non-hydrogen) atoms. The summed E-state index contributed by atoms with van der Waals surface area (Å²) in [4.78, 5) is 8.61. The van der Waals surface area contributed by atoms with Crippen LogP contribution in [0.5, 0.6) is 0 Å². The van der Waals surface area contributed by atoms with Crippen LogP contribution in [0.25, 0.3) is 5.82 Å². The second-order valence-electron chi connectivity index (χ2n) is 2.95. The fourth-order valence-corrected chi connectivity index (χ4v) is 1.69. The van der Waals surface area contributed by atoms with Crippen LogP contribution in [0.4, 0.5) is 5.82 Å². The van der Waals surface area contributed by atoms with Crippen molar-refractivity contribution in [3.05, 3.63) is 23.5 Å². The summed E-state index contributed by atoms with van der Waals surface area (Å²) in [5.41, 5.74) is 0. The van der Waals surface area contributed by atoms with Gasteiger partial charge >= 0.3 is 0 Å². The molecule has 0 spiro atoms. The first-order valence-corrected chi connectivity index (χ1v) is 6.14. The molecule has 5 nitrogen and oxygen atoms in total. The normalized spacial score (nSPS) is 10.4. The Morgan fingerprint density at radius 2 is 2.25 bits per heavy atom. The van der Waals surface area contributed by atoms with Gasteiger partial charge in [-0.25, -0.2) is 14.6 Å². The van der Waals surface area contributed by atoms with E-state index in [9.17, 15) is 0 Å². The van der Waals surface area contributed by atoms with E-state index in [0.717, 1.165) is 5.82 Å². The van der Waals surface area contributed by atoms with Gasteiger partial charge in [-0.1, -0.05) is 23.4 Å². The molecule has 2 aromatic rings. The fourth-order valence-electron chi connectivity index (χ4n) is 1.18. The molecule has 7 heteroatoms. The Labute approximate surface area is 102 Å². The Morgan fingerprint density at radius 1 is 1.44 bits per heavy atom. The molecule has 0 bridgehead atoms. The average Bonchev–Trinajstić information content (AvgIpc) is 2.75. The van der Waals surface area contributed by atoms with Crippen molar-refractivity contribution >= 4 is 29.2 Å². The maximum atomic E-state index is 5.81. The van der Waals surface area contributed by atoms with Gasteiger partial charge in [0.2, 0.25) is 0 Å². The van der Waals surface area contributed by atoms with Crippen LogP contribution in [-0.2, 0) is 0 Å². The Kier molecular flexibility index (Phi) is 3.31. The molecule has 0 aliphatic heterocycles. The number of hydrogen-bond acceptors (Lipinski definition) is 5. The third kappa shape index (κ3) is 2.28. The number of nitrogens with one attached hydrogen (secondary N) is 1. The summed E-state index contributed by atoms with van der Waals surface area (Å²) in [5, 5.41) is 8.34. The summed E-state index contributed by atoms with van der Waals surface area (Å²) < 4.78 is 1.62. The molecular formula is C9H10ClN5S. The van der Waals surface area contributed by atoms with Crippen molar-refractivity contribution in [2.75, 3.05) is 18.6 Å². The van der Waals surface area contributed by atoms with E-state index in [0.29, 0.717) is 16.0 Å². The quantitative estimate of drug-likeness (QED) is 0.672. The van der Waals surface area contributed by atoms with E-state index in [1.807, 2.05) is 19.4 Å².